The summed E-state index contributed by atoms with van der Waals surface area (Å²) in [4.78, 5) is 37.0. The van der Waals surface area contributed by atoms with Gasteiger partial charge < -0.3 is 9.30 Å². The lowest BCUT2D eigenvalue weighted by Gasteiger charge is -2.22. The number of carbonyl (C=O) groups is 2. The van der Waals surface area contributed by atoms with Gasteiger partial charge in [-0.15, -0.1) is 0 Å². The predicted octanol–water partition coefficient (Wildman–Crippen LogP) is 2.38. The molecule has 0 spiro atoms. The number of esters is 1. The molecule has 0 aliphatic carbocycles. The van der Waals surface area contributed by atoms with E-state index in [4.69, 9.17) is 4.74 Å². The van der Waals surface area contributed by atoms with Gasteiger partial charge in [-0.25, -0.2) is 4.79 Å². The van der Waals surface area contributed by atoms with E-state index in [9.17, 15) is 14.4 Å². The smallest absolute Gasteiger partial charge is 0.343 e. The second-order valence-electron chi connectivity index (χ2n) is 5.57. The van der Waals surface area contributed by atoms with Crippen LogP contribution in [-0.4, -0.2) is 22.9 Å². The van der Waals surface area contributed by atoms with Crippen LogP contribution in [-0.2, 0) is 11.3 Å². The molecular formula is C17H17NO4. The number of benzene rings is 1. The molecule has 0 fully saturated rings. The van der Waals surface area contributed by atoms with E-state index in [0.717, 1.165) is 11.1 Å². The van der Waals surface area contributed by atoms with Crippen LogP contribution in [0.15, 0.2) is 17.1 Å². The zero-order valence-electron chi connectivity index (χ0n) is 12.9. The Kier molecular flexibility index (Phi) is 3.35. The molecule has 22 heavy (non-hydrogen) atoms. The molecule has 5 heteroatoms. The van der Waals surface area contributed by atoms with E-state index in [2.05, 4.69) is 0 Å². The van der Waals surface area contributed by atoms with Gasteiger partial charge in [0.2, 0.25) is 5.43 Å². The minimum absolute atomic E-state index is 0.0293. The summed E-state index contributed by atoms with van der Waals surface area (Å²) < 4.78 is 6.80. The maximum absolute atomic E-state index is 12.7. The predicted molar refractivity (Wildman–Crippen MR) is 82.6 cm³/mol. The van der Waals surface area contributed by atoms with Gasteiger partial charge in [0.25, 0.3) is 0 Å². The Hall–Kier alpha value is -2.43. The van der Waals surface area contributed by atoms with Gasteiger partial charge in [0, 0.05) is 24.7 Å². The highest BCUT2D eigenvalue weighted by Crippen LogP contribution is 2.29. The molecule has 0 bridgehead atoms. The second kappa shape index (κ2) is 5.09. The van der Waals surface area contributed by atoms with Crippen LogP contribution < -0.4 is 5.43 Å². The first-order valence-corrected chi connectivity index (χ1v) is 7.33. The van der Waals surface area contributed by atoms with Crippen LogP contribution >= 0.6 is 0 Å². The van der Waals surface area contributed by atoms with E-state index < -0.39 is 5.97 Å². The molecule has 1 aliphatic heterocycles. The van der Waals surface area contributed by atoms with Crippen LogP contribution in [0.1, 0.15) is 45.2 Å². The Morgan fingerprint density at radius 2 is 2.00 bits per heavy atom. The van der Waals surface area contributed by atoms with Gasteiger partial charge in [-0.05, 0) is 31.9 Å². The standard InChI is InChI=1S/C17H17NO4/c1-4-22-17(21)11-8-18-6-5-12(19)13-9(2)7-10(3)14(15(13)18)16(11)20/h7-8H,4-6H2,1-3H3. The van der Waals surface area contributed by atoms with Crippen LogP contribution in [0.4, 0.5) is 0 Å². The van der Waals surface area contributed by atoms with Crippen LogP contribution in [0, 0.1) is 13.8 Å². The fourth-order valence-corrected chi connectivity index (χ4v) is 3.18. The number of Topliss-reactive ketones (excluding diaryl/α,β-unsaturated/α-hetero) is 1. The molecule has 114 valence electrons. The van der Waals surface area contributed by atoms with Gasteiger partial charge in [0.05, 0.1) is 17.5 Å². The number of pyridine rings is 1. The average molecular weight is 299 g/mol. The maximum atomic E-state index is 12.7. The zero-order valence-corrected chi connectivity index (χ0v) is 12.9. The van der Waals surface area contributed by atoms with Crippen molar-refractivity contribution in [3.05, 3.63) is 44.7 Å². The zero-order chi connectivity index (χ0) is 16.0. The maximum Gasteiger partial charge on any atom is 0.343 e. The summed E-state index contributed by atoms with van der Waals surface area (Å²) in [5.74, 6) is -0.567. The third kappa shape index (κ3) is 1.96. The lowest BCUT2D eigenvalue weighted by molar-refractivity contribution is 0.0524. The van der Waals surface area contributed by atoms with Crippen LogP contribution in [0.5, 0.6) is 0 Å². The summed E-state index contributed by atoms with van der Waals surface area (Å²) in [6, 6.07) is 1.83. The summed E-state index contributed by atoms with van der Waals surface area (Å²) >= 11 is 0. The molecule has 0 atom stereocenters. The number of aryl methyl sites for hydroxylation is 3. The quantitative estimate of drug-likeness (QED) is 0.799. The third-order valence-electron chi connectivity index (χ3n) is 4.09. The molecule has 0 unspecified atom stereocenters. The molecular weight excluding hydrogens is 282 g/mol. The molecule has 1 aliphatic rings. The minimum atomic E-state index is -0.614. The van der Waals surface area contributed by atoms with E-state index in [-0.39, 0.29) is 23.4 Å². The topological polar surface area (TPSA) is 65.4 Å². The number of hydrogen-bond donors (Lipinski definition) is 0. The molecule has 3 rings (SSSR count). The van der Waals surface area contributed by atoms with Crippen molar-refractivity contribution in [2.24, 2.45) is 0 Å². The molecule has 0 radical (unpaired) electrons. The van der Waals surface area contributed by atoms with Gasteiger partial charge in [0.15, 0.2) is 5.78 Å². The Balaban J connectivity index is 2.45. The highest BCUT2D eigenvalue weighted by Gasteiger charge is 2.26. The Bertz CT molecular complexity index is 877. The number of ketones is 1. The van der Waals surface area contributed by atoms with Crippen molar-refractivity contribution in [3.8, 4) is 0 Å². The summed E-state index contributed by atoms with van der Waals surface area (Å²) in [5.41, 5.74) is 2.55. The molecule has 0 amide bonds. The number of nitrogens with zero attached hydrogens (tertiary/aromatic N) is 1. The average Bonchev–Trinajstić information content (AvgIpc) is 2.45. The first-order chi connectivity index (χ1) is 10.5. The normalized spacial score (nSPS) is 13.5. The monoisotopic (exact) mass is 299 g/mol. The Labute approximate surface area is 127 Å². The van der Waals surface area contributed by atoms with Gasteiger partial charge in [0.1, 0.15) is 5.56 Å². The van der Waals surface area contributed by atoms with Crippen molar-refractivity contribution >= 4 is 22.7 Å². The van der Waals surface area contributed by atoms with E-state index in [1.165, 1.54) is 6.20 Å². The van der Waals surface area contributed by atoms with Crippen molar-refractivity contribution < 1.29 is 14.3 Å². The summed E-state index contributed by atoms with van der Waals surface area (Å²) in [7, 11) is 0. The molecule has 0 saturated carbocycles. The van der Waals surface area contributed by atoms with Gasteiger partial charge in [-0.3, -0.25) is 9.59 Å². The summed E-state index contributed by atoms with van der Waals surface area (Å²) in [5, 5.41) is 0.444. The van der Waals surface area contributed by atoms with E-state index >= 15 is 0 Å². The first kappa shape index (κ1) is 14.5. The van der Waals surface area contributed by atoms with Crippen LogP contribution in [0.2, 0.25) is 0 Å². The fourth-order valence-electron chi connectivity index (χ4n) is 3.18. The first-order valence-electron chi connectivity index (χ1n) is 7.33. The van der Waals surface area contributed by atoms with Crippen LogP contribution in [0.3, 0.4) is 0 Å². The number of carbonyl (C=O) groups excluding carboxylic acids is 2. The molecule has 5 nitrogen and oxygen atoms in total. The summed E-state index contributed by atoms with van der Waals surface area (Å²) in [6.07, 6.45) is 1.90. The fraction of sp³-hybridized carbons (Fsp3) is 0.353. The van der Waals surface area contributed by atoms with Crippen LogP contribution in [0.25, 0.3) is 10.9 Å². The largest absolute Gasteiger partial charge is 0.462 e. The Morgan fingerprint density at radius 1 is 1.27 bits per heavy atom. The minimum Gasteiger partial charge on any atom is -0.462 e. The van der Waals surface area contributed by atoms with Crippen molar-refractivity contribution in [1.29, 1.82) is 0 Å². The van der Waals surface area contributed by atoms with E-state index in [1.807, 2.05) is 24.5 Å². The number of aromatic nitrogens is 1. The van der Waals surface area contributed by atoms with E-state index in [0.29, 0.717) is 29.4 Å². The van der Waals surface area contributed by atoms with E-state index in [1.54, 1.807) is 6.92 Å². The van der Waals surface area contributed by atoms with Crippen molar-refractivity contribution in [2.45, 2.75) is 33.7 Å². The van der Waals surface area contributed by atoms with Gasteiger partial charge in [-0.1, -0.05) is 6.07 Å². The molecule has 1 aromatic heterocycles. The number of ether oxygens (including phenoxy) is 1. The molecule has 0 saturated heterocycles. The highest BCUT2D eigenvalue weighted by molar-refractivity contribution is 6.10. The lowest BCUT2D eigenvalue weighted by atomic mass is 9.92. The van der Waals surface area contributed by atoms with Crippen molar-refractivity contribution in [2.75, 3.05) is 6.61 Å². The summed E-state index contributed by atoms with van der Waals surface area (Å²) in [6.45, 7) is 6.09. The second-order valence-corrected chi connectivity index (χ2v) is 5.57. The molecule has 1 aromatic carbocycles. The highest BCUT2D eigenvalue weighted by atomic mass is 16.5. The third-order valence-corrected chi connectivity index (χ3v) is 4.09. The van der Waals surface area contributed by atoms with Gasteiger partial charge >= 0.3 is 5.97 Å². The van der Waals surface area contributed by atoms with Gasteiger partial charge in [-0.2, -0.15) is 0 Å². The SMILES string of the molecule is CCOC(=O)c1cn2c3c(c(C)cc(C)c3c1=O)C(=O)CC2. The Morgan fingerprint density at radius 3 is 2.68 bits per heavy atom. The molecule has 2 heterocycles. The number of rotatable bonds is 2. The number of hydrogen-bond acceptors (Lipinski definition) is 4. The molecule has 0 N–H and O–H groups in total. The van der Waals surface area contributed by atoms with Crippen molar-refractivity contribution in [1.82, 2.24) is 4.57 Å². The lowest BCUT2D eigenvalue weighted by Crippen LogP contribution is -2.26. The molecule has 2 aromatic rings. The van der Waals surface area contributed by atoms with Crippen molar-refractivity contribution in [3.63, 3.8) is 0 Å².